The monoisotopic (exact) mass is 290 g/mol. The molecule has 0 aromatic rings. The molecule has 2 fully saturated rings. The number of aliphatic hydroxyl groups excluding tert-OH is 1. The number of nitrogens with one attached hydrogen (secondary N) is 1. The summed E-state index contributed by atoms with van der Waals surface area (Å²) >= 11 is 0. The smallest absolute Gasteiger partial charge is 0.250 e. The van der Waals surface area contributed by atoms with E-state index in [1.54, 1.807) is 0 Å². The van der Waals surface area contributed by atoms with E-state index in [9.17, 15) is 13.9 Å². The lowest BCUT2D eigenvalue weighted by atomic mass is 9.86. The van der Waals surface area contributed by atoms with Gasteiger partial charge in [0.1, 0.15) is 0 Å². The predicted octanol–water partition coefficient (Wildman–Crippen LogP) is 2.10. The van der Waals surface area contributed by atoms with E-state index in [0.29, 0.717) is 12.0 Å². The predicted molar refractivity (Wildman–Crippen MR) is 76.0 cm³/mol. The van der Waals surface area contributed by atoms with Crippen molar-refractivity contribution in [2.75, 3.05) is 19.6 Å². The molecule has 0 aromatic carbocycles. The quantitative estimate of drug-likeness (QED) is 0.754. The van der Waals surface area contributed by atoms with Crippen LogP contribution in [0.3, 0.4) is 0 Å². The summed E-state index contributed by atoms with van der Waals surface area (Å²) in [5.41, 5.74) is 0. The van der Waals surface area contributed by atoms with Crippen molar-refractivity contribution in [3.05, 3.63) is 0 Å². The minimum absolute atomic E-state index is 0.141. The molecule has 1 saturated carbocycles. The SMILES string of the molecule is CC(C)C(O)CC1CC(NCC(F)F)CN(C2CC2)C1. The molecule has 0 radical (unpaired) electrons. The Labute approximate surface area is 120 Å². The van der Waals surface area contributed by atoms with Crippen molar-refractivity contribution in [2.45, 2.75) is 64.1 Å². The van der Waals surface area contributed by atoms with Crippen molar-refractivity contribution in [3.8, 4) is 0 Å². The molecule has 0 bridgehead atoms. The fourth-order valence-electron chi connectivity index (χ4n) is 3.17. The van der Waals surface area contributed by atoms with Gasteiger partial charge in [0.15, 0.2) is 0 Å². The third-order valence-electron chi connectivity index (χ3n) is 4.53. The average Bonchev–Trinajstić information content (AvgIpc) is 3.20. The lowest BCUT2D eigenvalue weighted by Crippen LogP contribution is -2.51. The van der Waals surface area contributed by atoms with Gasteiger partial charge < -0.3 is 10.4 Å². The number of alkyl halides is 2. The van der Waals surface area contributed by atoms with Crippen LogP contribution in [0.5, 0.6) is 0 Å². The zero-order chi connectivity index (χ0) is 14.7. The van der Waals surface area contributed by atoms with E-state index in [1.807, 2.05) is 13.8 Å². The van der Waals surface area contributed by atoms with Crippen molar-refractivity contribution in [2.24, 2.45) is 11.8 Å². The van der Waals surface area contributed by atoms with E-state index in [-0.39, 0.29) is 24.6 Å². The van der Waals surface area contributed by atoms with Gasteiger partial charge in [-0.1, -0.05) is 13.8 Å². The minimum Gasteiger partial charge on any atom is -0.393 e. The normalized spacial score (nSPS) is 30.1. The zero-order valence-electron chi connectivity index (χ0n) is 12.6. The molecule has 2 N–H and O–H groups in total. The van der Waals surface area contributed by atoms with Crippen molar-refractivity contribution in [3.63, 3.8) is 0 Å². The highest BCUT2D eigenvalue weighted by Gasteiger charge is 2.36. The molecule has 3 unspecified atom stereocenters. The molecule has 0 amide bonds. The first-order valence-electron chi connectivity index (χ1n) is 7.89. The summed E-state index contributed by atoms with van der Waals surface area (Å²) in [5, 5.41) is 13.1. The molecule has 3 nitrogen and oxygen atoms in total. The number of hydrogen-bond donors (Lipinski definition) is 2. The molecule has 0 spiro atoms. The lowest BCUT2D eigenvalue weighted by Gasteiger charge is -2.39. The molecule has 2 aliphatic rings. The van der Waals surface area contributed by atoms with Crippen LogP contribution in [-0.4, -0.2) is 54.3 Å². The third-order valence-corrected chi connectivity index (χ3v) is 4.53. The number of piperidine rings is 1. The fraction of sp³-hybridized carbons (Fsp3) is 1.00. The van der Waals surface area contributed by atoms with Crippen LogP contribution in [0.1, 0.15) is 39.5 Å². The third kappa shape index (κ3) is 4.93. The molecule has 20 heavy (non-hydrogen) atoms. The van der Waals surface area contributed by atoms with Crippen LogP contribution in [0.15, 0.2) is 0 Å². The summed E-state index contributed by atoms with van der Waals surface area (Å²) in [6.07, 6.45) is 1.59. The number of hydrogen-bond acceptors (Lipinski definition) is 3. The van der Waals surface area contributed by atoms with Crippen LogP contribution in [0, 0.1) is 11.8 Å². The second-order valence-electron chi connectivity index (χ2n) is 6.83. The first-order valence-corrected chi connectivity index (χ1v) is 7.89. The van der Waals surface area contributed by atoms with E-state index >= 15 is 0 Å². The van der Waals surface area contributed by atoms with Crippen LogP contribution in [-0.2, 0) is 0 Å². The first kappa shape index (κ1) is 16.1. The van der Waals surface area contributed by atoms with E-state index in [2.05, 4.69) is 10.2 Å². The minimum atomic E-state index is -2.29. The molecular formula is C15H28F2N2O. The summed E-state index contributed by atoms with van der Waals surface area (Å²) in [7, 11) is 0. The van der Waals surface area contributed by atoms with E-state index < -0.39 is 6.43 Å². The van der Waals surface area contributed by atoms with E-state index in [1.165, 1.54) is 12.8 Å². The molecule has 2 rings (SSSR count). The van der Waals surface area contributed by atoms with Crippen molar-refractivity contribution in [1.82, 2.24) is 10.2 Å². The van der Waals surface area contributed by atoms with Crippen molar-refractivity contribution in [1.29, 1.82) is 0 Å². The molecular weight excluding hydrogens is 262 g/mol. The van der Waals surface area contributed by atoms with Gasteiger partial charge in [-0.25, -0.2) is 8.78 Å². The van der Waals surface area contributed by atoms with Gasteiger partial charge in [0.25, 0.3) is 6.43 Å². The van der Waals surface area contributed by atoms with Crippen LogP contribution in [0.4, 0.5) is 8.78 Å². The second kappa shape index (κ2) is 7.14. The molecule has 0 aromatic heterocycles. The Kier molecular flexibility index (Phi) is 5.75. The molecule has 3 atom stereocenters. The van der Waals surface area contributed by atoms with Gasteiger partial charge in [-0.3, -0.25) is 4.90 Å². The average molecular weight is 290 g/mol. The maximum Gasteiger partial charge on any atom is 0.250 e. The van der Waals surface area contributed by atoms with Crippen molar-refractivity contribution < 1.29 is 13.9 Å². The van der Waals surface area contributed by atoms with E-state index in [0.717, 1.165) is 25.9 Å². The summed E-state index contributed by atoms with van der Waals surface area (Å²) in [4.78, 5) is 2.43. The van der Waals surface area contributed by atoms with Gasteiger partial charge in [-0.05, 0) is 37.5 Å². The molecule has 5 heteroatoms. The Morgan fingerprint density at radius 2 is 1.95 bits per heavy atom. The van der Waals surface area contributed by atoms with Crippen LogP contribution >= 0.6 is 0 Å². The Balaban J connectivity index is 1.86. The molecule has 118 valence electrons. The maximum absolute atomic E-state index is 12.4. The van der Waals surface area contributed by atoms with Gasteiger partial charge in [-0.2, -0.15) is 0 Å². The van der Waals surface area contributed by atoms with Gasteiger partial charge in [0.2, 0.25) is 0 Å². The maximum atomic E-state index is 12.4. The fourth-order valence-corrected chi connectivity index (χ4v) is 3.17. The lowest BCUT2D eigenvalue weighted by molar-refractivity contribution is 0.0549. The van der Waals surface area contributed by atoms with Gasteiger partial charge in [-0.15, -0.1) is 0 Å². The Morgan fingerprint density at radius 3 is 2.50 bits per heavy atom. The molecule has 1 aliphatic heterocycles. The topological polar surface area (TPSA) is 35.5 Å². The summed E-state index contributed by atoms with van der Waals surface area (Å²) in [6.45, 7) is 5.73. The summed E-state index contributed by atoms with van der Waals surface area (Å²) in [6, 6.07) is 0.799. The Bertz CT molecular complexity index is 296. The van der Waals surface area contributed by atoms with Crippen LogP contribution < -0.4 is 5.32 Å². The summed E-state index contributed by atoms with van der Waals surface area (Å²) in [5.74, 6) is 0.677. The Hall–Kier alpha value is -0.260. The van der Waals surface area contributed by atoms with Gasteiger partial charge in [0.05, 0.1) is 12.6 Å². The van der Waals surface area contributed by atoms with Crippen LogP contribution in [0.2, 0.25) is 0 Å². The number of halogens is 2. The highest BCUT2D eigenvalue weighted by Crippen LogP contribution is 2.33. The molecule has 1 heterocycles. The number of likely N-dealkylation sites (tertiary alicyclic amines) is 1. The van der Waals surface area contributed by atoms with Crippen LogP contribution in [0.25, 0.3) is 0 Å². The highest BCUT2D eigenvalue weighted by atomic mass is 19.3. The van der Waals surface area contributed by atoms with Crippen molar-refractivity contribution >= 4 is 0 Å². The van der Waals surface area contributed by atoms with E-state index in [4.69, 9.17) is 0 Å². The van der Waals surface area contributed by atoms with Gasteiger partial charge in [0, 0.05) is 25.2 Å². The highest BCUT2D eigenvalue weighted by molar-refractivity contribution is 4.93. The number of aliphatic hydroxyl groups is 1. The summed E-state index contributed by atoms with van der Waals surface area (Å²) < 4.78 is 24.7. The second-order valence-corrected chi connectivity index (χ2v) is 6.83. The number of rotatable bonds is 7. The first-order chi connectivity index (χ1) is 9.45. The van der Waals surface area contributed by atoms with Gasteiger partial charge >= 0.3 is 0 Å². The zero-order valence-corrected chi connectivity index (χ0v) is 12.6. The largest absolute Gasteiger partial charge is 0.393 e. The standard InChI is InChI=1S/C15H28F2N2O/c1-10(2)14(20)6-11-5-12(18-7-15(16)17)9-19(8-11)13-3-4-13/h10-15,18,20H,3-9H2,1-2H3. The molecule has 1 aliphatic carbocycles. The number of nitrogens with zero attached hydrogens (tertiary/aromatic N) is 1. The molecule has 1 saturated heterocycles. The Morgan fingerprint density at radius 1 is 1.25 bits per heavy atom.